The fourth-order valence-corrected chi connectivity index (χ4v) is 2.80. The molecule has 2 rings (SSSR count). The van der Waals surface area contributed by atoms with E-state index in [2.05, 4.69) is 28.2 Å². The first-order chi connectivity index (χ1) is 9.51. The van der Waals surface area contributed by atoms with Gasteiger partial charge in [-0.1, -0.05) is 40.5 Å². The van der Waals surface area contributed by atoms with E-state index in [4.69, 9.17) is 11.6 Å². The van der Waals surface area contributed by atoms with Crippen molar-refractivity contribution in [3.63, 3.8) is 0 Å². The topological polar surface area (TPSA) is 32.3 Å². The Hall–Kier alpha value is -1.19. The van der Waals surface area contributed by atoms with Crippen molar-refractivity contribution in [3.05, 3.63) is 57.0 Å². The number of phenols is 1. The first kappa shape index (κ1) is 15.2. The highest BCUT2D eigenvalue weighted by atomic mass is 79.9. The minimum absolute atomic E-state index is 0.00714. The number of hydrogen-bond donors (Lipinski definition) is 2. The first-order valence-electron chi connectivity index (χ1n) is 6.52. The van der Waals surface area contributed by atoms with Crippen molar-refractivity contribution in [2.45, 2.75) is 26.3 Å². The van der Waals surface area contributed by atoms with Gasteiger partial charge in [0.15, 0.2) is 0 Å². The molecule has 2 nitrogen and oxygen atoms in total. The van der Waals surface area contributed by atoms with Gasteiger partial charge in [0.2, 0.25) is 0 Å². The Morgan fingerprint density at radius 3 is 2.65 bits per heavy atom. The highest BCUT2D eigenvalue weighted by molar-refractivity contribution is 9.10. The monoisotopic (exact) mass is 353 g/mol. The van der Waals surface area contributed by atoms with Gasteiger partial charge in [-0.2, -0.15) is 0 Å². The lowest BCUT2D eigenvalue weighted by Gasteiger charge is -2.21. The van der Waals surface area contributed by atoms with Gasteiger partial charge in [0.1, 0.15) is 5.75 Å². The lowest BCUT2D eigenvalue weighted by atomic mass is 10.0. The molecule has 2 aromatic carbocycles. The average molecular weight is 355 g/mol. The summed E-state index contributed by atoms with van der Waals surface area (Å²) in [7, 11) is 0. The summed E-state index contributed by atoms with van der Waals surface area (Å²) in [5, 5.41) is 14.1. The molecule has 4 heteroatoms. The van der Waals surface area contributed by atoms with Crippen molar-refractivity contribution < 1.29 is 5.11 Å². The maximum absolute atomic E-state index is 10.0. The zero-order chi connectivity index (χ0) is 14.7. The van der Waals surface area contributed by atoms with E-state index >= 15 is 0 Å². The predicted molar refractivity (Wildman–Crippen MR) is 88.7 cm³/mol. The third-order valence-electron chi connectivity index (χ3n) is 3.23. The van der Waals surface area contributed by atoms with Crippen LogP contribution >= 0.6 is 27.5 Å². The van der Waals surface area contributed by atoms with E-state index in [0.29, 0.717) is 5.02 Å². The maximum Gasteiger partial charge on any atom is 0.120 e. The molecule has 1 unspecified atom stereocenters. The number of aryl methyl sites for hydroxylation is 1. The van der Waals surface area contributed by atoms with Crippen LogP contribution in [0.4, 0.5) is 5.69 Å². The summed E-state index contributed by atoms with van der Waals surface area (Å²) < 4.78 is 0.945. The van der Waals surface area contributed by atoms with E-state index < -0.39 is 0 Å². The lowest BCUT2D eigenvalue weighted by molar-refractivity contribution is 0.462. The molecule has 2 N–H and O–H groups in total. The normalized spacial score (nSPS) is 12.2. The highest BCUT2D eigenvalue weighted by Crippen LogP contribution is 2.34. The van der Waals surface area contributed by atoms with Crippen LogP contribution in [0, 0.1) is 6.92 Å². The van der Waals surface area contributed by atoms with Gasteiger partial charge in [0, 0.05) is 10.0 Å². The second-order valence-electron chi connectivity index (χ2n) is 4.79. The SMILES string of the molecule is CCC(Nc1ccc(C)cc1Cl)c1cc(Br)ccc1O. The van der Waals surface area contributed by atoms with Crippen molar-refractivity contribution in [2.75, 3.05) is 5.32 Å². The van der Waals surface area contributed by atoms with Crippen LogP contribution in [0.3, 0.4) is 0 Å². The highest BCUT2D eigenvalue weighted by Gasteiger charge is 2.15. The van der Waals surface area contributed by atoms with Gasteiger partial charge in [-0.05, 0) is 49.2 Å². The molecule has 1 atom stereocenters. The molecule has 0 amide bonds. The fraction of sp³-hybridized carbons (Fsp3) is 0.250. The molecule has 0 saturated carbocycles. The molecule has 20 heavy (non-hydrogen) atoms. The number of nitrogens with one attached hydrogen (secondary N) is 1. The van der Waals surface area contributed by atoms with E-state index in [1.807, 2.05) is 37.3 Å². The molecule has 0 heterocycles. The molecule has 0 spiro atoms. The van der Waals surface area contributed by atoms with Crippen molar-refractivity contribution in [2.24, 2.45) is 0 Å². The Balaban J connectivity index is 2.31. The summed E-state index contributed by atoms with van der Waals surface area (Å²) in [6, 6.07) is 11.4. The number of hydrogen-bond acceptors (Lipinski definition) is 2. The Bertz CT molecular complexity index is 615. The van der Waals surface area contributed by atoms with Gasteiger partial charge in [-0.3, -0.25) is 0 Å². The smallest absolute Gasteiger partial charge is 0.120 e. The maximum atomic E-state index is 10.0. The molecule has 0 bridgehead atoms. The molecule has 0 aliphatic rings. The molecule has 0 aliphatic heterocycles. The summed E-state index contributed by atoms with van der Waals surface area (Å²) in [6.07, 6.45) is 0.841. The van der Waals surface area contributed by atoms with Crippen molar-refractivity contribution >= 4 is 33.2 Å². The third kappa shape index (κ3) is 3.47. The zero-order valence-electron chi connectivity index (χ0n) is 11.5. The standard InChI is InChI=1S/C16H17BrClNO/c1-3-14(12-9-11(17)5-7-16(12)20)19-15-6-4-10(2)8-13(15)18/h4-9,14,19-20H,3H2,1-2H3. The average Bonchev–Trinajstić information content (AvgIpc) is 2.41. The molecule has 0 aliphatic carbocycles. The third-order valence-corrected chi connectivity index (χ3v) is 4.03. The van der Waals surface area contributed by atoms with E-state index in [1.54, 1.807) is 6.07 Å². The van der Waals surface area contributed by atoms with Gasteiger partial charge in [0.25, 0.3) is 0 Å². The van der Waals surface area contributed by atoms with E-state index in [-0.39, 0.29) is 11.8 Å². The fourth-order valence-electron chi connectivity index (χ4n) is 2.13. The number of phenolic OH excluding ortho intramolecular Hbond substituents is 1. The van der Waals surface area contributed by atoms with Gasteiger partial charge in [0.05, 0.1) is 16.8 Å². The van der Waals surface area contributed by atoms with Crippen LogP contribution in [-0.4, -0.2) is 5.11 Å². The number of rotatable bonds is 4. The minimum atomic E-state index is 0.00714. The van der Waals surface area contributed by atoms with Gasteiger partial charge in [-0.15, -0.1) is 0 Å². The van der Waals surface area contributed by atoms with Crippen molar-refractivity contribution in [1.29, 1.82) is 0 Å². The molecule has 0 aromatic heterocycles. The van der Waals surface area contributed by atoms with Crippen LogP contribution in [0.25, 0.3) is 0 Å². The molecule has 2 aromatic rings. The van der Waals surface area contributed by atoms with Gasteiger partial charge >= 0.3 is 0 Å². The molecule has 106 valence electrons. The van der Waals surface area contributed by atoms with Crippen LogP contribution in [0.5, 0.6) is 5.75 Å². The van der Waals surface area contributed by atoms with Gasteiger partial charge in [-0.25, -0.2) is 0 Å². The Kier molecular flexibility index (Phi) is 4.95. The second kappa shape index (κ2) is 6.51. The Labute approximate surface area is 132 Å². The number of benzene rings is 2. The van der Waals surface area contributed by atoms with Crippen LogP contribution in [0.2, 0.25) is 5.02 Å². The summed E-state index contributed by atoms with van der Waals surface area (Å²) in [5.74, 6) is 0.288. The van der Waals surface area contributed by atoms with E-state index in [1.165, 1.54) is 0 Å². The summed E-state index contributed by atoms with van der Waals surface area (Å²) in [6.45, 7) is 4.08. The number of aromatic hydroxyl groups is 1. The zero-order valence-corrected chi connectivity index (χ0v) is 13.8. The predicted octanol–water partition coefficient (Wildman–Crippen LogP) is 5.68. The molecule has 0 saturated heterocycles. The number of halogens is 2. The molecule has 0 fully saturated rings. The number of anilines is 1. The lowest BCUT2D eigenvalue weighted by Crippen LogP contribution is -2.10. The van der Waals surface area contributed by atoms with Crippen molar-refractivity contribution in [1.82, 2.24) is 0 Å². The van der Waals surface area contributed by atoms with Crippen LogP contribution in [0.15, 0.2) is 40.9 Å². The molecular formula is C16H17BrClNO. The first-order valence-corrected chi connectivity index (χ1v) is 7.69. The largest absolute Gasteiger partial charge is 0.508 e. The molecule has 0 radical (unpaired) electrons. The molecular weight excluding hydrogens is 338 g/mol. The minimum Gasteiger partial charge on any atom is -0.508 e. The van der Waals surface area contributed by atoms with E-state index in [0.717, 1.165) is 27.7 Å². The summed E-state index contributed by atoms with van der Waals surface area (Å²) in [4.78, 5) is 0. The Morgan fingerprint density at radius 2 is 2.00 bits per heavy atom. The van der Waals surface area contributed by atoms with E-state index in [9.17, 15) is 5.11 Å². The summed E-state index contributed by atoms with van der Waals surface area (Å²) in [5.41, 5.74) is 2.86. The van der Waals surface area contributed by atoms with Gasteiger partial charge < -0.3 is 10.4 Å². The summed E-state index contributed by atoms with van der Waals surface area (Å²) >= 11 is 9.69. The Morgan fingerprint density at radius 1 is 1.25 bits per heavy atom. The van der Waals surface area contributed by atoms with Crippen LogP contribution in [-0.2, 0) is 0 Å². The van der Waals surface area contributed by atoms with Crippen LogP contribution in [0.1, 0.15) is 30.5 Å². The van der Waals surface area contributed by atoms with Crippen LogP contribution < -0.4 is 5.32 Å². The van der Waals surface area contributed by atoms with Crippen molar-refractivity contribution in [3.8, 4) is 5.75 Å². The second-order valence-corrected chi connectivity index (χ2v) is 6.11. The quantitative estimate of drug-likeness (QED) is 0.740.